The summed E-state index contributed by atoms with van der Waals surface area (Å²) in [5.41, 5.74) is 2.41. The number of hydrogen-bond donors (Lipinski definition) is 1. The number of para-hydroxylation sites is 2. The lowest BCUT2D eigenvalue weighted by atomic mass is 10.1. The van der Waals surface area contributed by atoms with Gasteiger partial charge in [-0.3, -0.25) is 9.36 Å². The van der Waals surface area contributed by atoms with Gasteiger partial charge in [0.15, 0.2) is 5.58 Å². The second-order valence-corrected chi connectivity index (χ2v) is 6.88. The molecule has 6 nitrogen and oxygen atoms in total. The maximum Gasteiger partial charge on any atom is 0.419 e. The van der Waals surface area contributed by atoms with Crippen molar-refractivity contribution in [3.05, 3.63) is 70.7 Å². The highest BCUT2D eigenvalue weighted by Gasteiger charge is 2.15. The Hall–Kier alpha value is -2.86. The van der Waals surface area contributed by atoms with Gasteiger partial charge in [-0.1, -0.05) is 42.5 Å². The molecule has 0 bridgehead atoms. The normalized spacial score (nSPS) is 12.4. The minimum atomic E-state index is -0.383. The number of nitrogens with one attached hydrogen (secondary N) is 1. The van der Waals surface area contributed by atoms with Crippen molar-refractivity contribution in [1.82, 2.24) is 14.8 Å². The second-order valence-electron chi connectivity index (χ2n) is 6.88. The Morgan fingerprint density at radius 2 is 1.81 bits per heavy atom. The number of aryl methyl sites for hydroxylation is 1. The van der Waals surface area contributed by atoms with E-state index in [1.54, 1.807) is 10.6 Å². The first-order valence-electron chi connectivity index (χ1n) is 9.12. The van der Waals surface area contributed by atoms with Crippen LogP contribution >= 0.6 is 0 Å². The van der Waals surface area contributed by atoms with E-state index in [0.717, 1.165) is 17.6 Å². The number of oxazole rings is 1. The minimum Gasteiger partial charge on any atom is -0.408 e. The predicted molar refractivity (Wildman–Crippen MR) is 106 cm³/mol. The molecular formula is C21H25N3O3. The molecule has 3 rings (SSSR count). The zero-order valence-corrected chi connectivity index (χ0v) is 15.7. The molecule has 0 aliphatic rings. The van der Waals surface area contributed by atoms with E-state index in [4.69, 9.17) is 4.42 Å². The number of benzene rings is 2. The second kappa shape index (κ2) is 8.68. The minimum absolute atomic E-state index is 0.0217. The molecule has 0 fully saturated rings. The van der Waals surface area contributed by atoms with Gasteiger partial charge < -0.3 is 14.6 Å². The van der Waals surface area contributed by atoms with E-state index in [1.165, 1.54) is 0 Å². The van der Waals surface area contributed by atoms with E-state index >= 15 is 0 Å². The summed E-state index contributed by atoms with van der Waals surface area (Å²) in [5, 5.41) is 3.11. The lowest BCUT2D eigenvalue weighted by Crippen LogP contribution is -2.35. The van der Waals surface area contributed by atoms with Gasteiger partial charge >= 0.3 is 5.76 Å². The summed E-state index contributed by atoms with van der Waals surface area (Å²) < 4.78 is 6.80. The van der Waals surface area contributed by atoms with Crippen LogP contribution in [0.2, 0.25) is 0 Å². The Morgan fingerprint density at radius 1 is 1.11 bits per heavy atom. The highest BCUT2D eigenvalue weighted by Crippen LogP contribution is 2.15. The molecule has 1 atom stereocenters. The van der Waals surface area contributed by atoms with Gasteiger partial charge in [-0.2, -0.15) is 0 Å². The molecule has 27 heavy (non-hydrogen) atoms. The number of fused-ring (bicyclic) bond motifs is 1. The maximum absolute atomic E-state index is 12.4. The van der Waals surface area contributed by atoms with Crippen LogP contribution in [-0.4, -0.2) is 36.0 Å². The zero-order chi connectivity index (χ0) is 19.2. The van der Waals surface area contributed by atoms with Crippen LogP contribution in [0.1, 0.15) is 24.4 Å². The van der Waals surface area contributed by atoms with Crippen molar-refractivity contribution < 1.29 is 9.21 Å². The van der Waals surface area contributed by atoms with Crippen LogP contribution in [0.4, 0.5) is 0 Å². The zero-order valence-electron chi connectivity index (χ0n) is 15.7. The van der Waals surface area contributed by atoms with Crippen LogP contribution in [0.25, 0.3) is 11.1 Å². The smallest absolute Gasteiger partial charge is 0.408 e. The number of carbonyl (C=O) groups excluding carboxylic acids is 1. The Bertz CT molecular complexity index is 944. The third kappa shape index (κ3) is 4.86. The van der Waals surface area contributed by atoms with Gasteiger partial charge in [-0.15, -0.1) is 0 Å². The topological polar surface area (TPSA) is 67.5 Å². The van der Waals surface area contributed by atoms with Crippen LogP contribution in [0.15, 0.2) is 63.8 Å². The molecule has 1 N–H and O–H groups in total. The summed E-state index contributed by atoms with van der Waals surface area (Å²) in [6.07, 6.45) is 0.918. The Morgan fingerprint density at radius 3 is 2.56 bits per heavy atom. The number of likely N-dealkylation sites (N-methyl/N-ethyl adjacent to an activating group) is 1. The molecule has 0 aliphatic heterocycles. The molecule has 6 heteroatoms. The van der Waals surface area contributed by atoms with Crippen LogP contribution in [0.3, 0.4) is 0 Å². The van der Waals surface area contributed by atoms with Gasteiger partial charge in [0.25, 0.3) is 0 Å². The van der Waals surface area contributed by atoms with Crippen molar-refractivity contribution in [1.29, 1.82) is 0 Å². The van der Waals surface area contributed by atoms with Crippen molar-refractivity contribution in [3.63, 3.8) is 0 Å². The van der Waals surface area contributed by atoms with Crippen LogP contribution in [0.5, 0.6) is 0 Å². The molecule has 0 saturated heterocycles. The summed E-state index contributed by atoms with van der Waals surface area (Å²) in [4.78, 5) is 26.5. The number of amides is 1. The summed E-state index contributed by atoms with van der Waals surface area (Å²) in [6, 6.07) is 17.2. The predicted octanol–water partition coefficient (Wildman–Crippen LogP) is 2.79. The molecular weight excluding hydrogens is 342 g/mol. The van der Waals surface area contributed by atoms with E-state index in [0.29, 0.717) is 25.0 Å². The van der Waals surface area contributed by atoms with Crippen molar-refractivity contribution in [2.24, 2.45) is 0 Å². The molecule has 1 amide bonds. The average Bonchev–Trinajstić information content (AvgIpc) is 2.97. The molecule has 1 aromatic heterocycles. The molecule has 0 aliphatic carbocycles. The van der Waals surface area contributed by atoms with E-state index in [1.807, 2.05) is 62.6 Å². The van der Waals surface area contributed by atoms with Crippen LogP contribution in [-0.2, 0) is 11.3 Å². The highest BCUT2D eigenvalue weighted by molar-refractivity contribution is 5.76. The third-order valence-electron chi connectivity index (χ3n) is 4.44. The Kier molecular flexibility index (Phi) is 6.08. The number of rotatable bonds is 8. The molecule has 142 valence electrons. The number of nitrogens with zero attached hydrogens (tertiary/aromatic N) is 2. The van der Waals surface area contributed by atoms with Gasteiger partial charge in [0.05, 0.1) is 11.6 Å². The fourth-order valence-electron chi connectivity index (χ4n) is 3.17. The molecule has 2 aromatic carbocycles. The Labute approximate surface area is 158 Å². The quantitative estimate of drug-likeness (QED) is 0.665. The Balaban J connectivity index is 1.59. The first-order chi connectivity index (χ1) is 13.0. The van der Waals surface area contributed by atoms with E-state index in [-0.39, 0.29) is 17.7 Å². The number of carbonyl (C=O) groups is 1. The van der Waals surface area contributed by atoms with Gasteiger partial charge in [-0.05, 0) is 38.2 Å². The molecule has 3 aromatic rings. The summed E-state index contributed by atoms with van der Waals surface area (Å²) >= 11 is 0. The van der Waals surface area contributed by atoms with Crippen molar-refractivity contribution >= 4 is 17.0 Å². The van der Waals surface area contributed by atoms with Crippen molar-refractivity contribution in [2.75, 3.05) is 20.6 Å². The summed E-state index contributed by atoms with van der Waals surface area (Å²) in [6.45, 7) is 1.18. The van der Waals surface area contributed by atoms with Crippen LogP contribution < -0.4 is 11.1 Å². The van der Waals surface area contributed by atoms with Crippen LogP contribution in [0, 0.1) is 0 Å². The lowest BCUT2D eigenvalue weighted by Gasteiger charge is -2.23. The SMILES string of the molecule is CN(C)C[C@@H](NC(=O)CCCn1c(=O)oc2ccccc21)c1ccccc1. The number of aromatic nitrogens is 1. The standard InChI is InChI=1S/C21H25N3O3/c1-23(2)15-17(16-9-4-3-5-10-16)22-20(25)13-8-14-24-18-11-6-7-12-19(18)27-21(24)26/h3-7,9-12,17H,8,13-15H2,1-2H3,(H,22,25)/t17-/m1/s1. The fourth-order valence-corrected chi connectivity index (χ4v) is 3.17. The first kappa shape index (κ1) is 18.9. The summed E-state index contributed by atoms with van der Waals surface area (Å²) in [7, 11) is 3.97. The molecule has 1 heterocycles. The molecule has 0 unspecified atom stereocenters. The van der Waals surface area contributed by atoms with E-state index in [9.17, 15) is 9.59 Å². The van der Waals surface area contributed by atoms with Gasteiger partial charge in [-0.25, -0.2) is 4.79 Å². The van der Waals surface area contributed by atoms with Crippen molar-refractivity contribution in [2.45, 2.75) is 25.4 Å². The van der Waals surface area contributed by atoms with Crippen molar-refractivity contribution in [3.8, 4) is 0 Å². The molecule has 0 spiro atoms. The maximum atomic E-state index is 12.4. The highest BCUT2D eigenvalue weighted by atomic mass is 16.4. The monoisotopic (exact) mass is 367 g/mol. The third-order valence-corrected chi connectivity index (χ3v) is 4.44. The lowest BCUT2D eigenvalue weighted by molar-refractivity contribution is -0.122. The van der Waals surface area contributed by atoms with E-state index in [2.05, 4.69) is 10.2 Å². The molecule has 0 saturated carbocycles. The number of hydrogen-bond acceptors (Lipinski definition) is 4. The average molecular weight is 367 g/mol. The van der Waals surface area contributed by atoms with E-state index < -0.39 is 0 Å². The first-order valence-corrected chi connectivity index (χ1v) is 9.12. The summed E-state index contributed by atoms with van der Waals surface area (Å²) in [5.74, 6) is -0.405. The van der Waals surface area contributed by atoms with Gasteiger partial charge in [0.2, 0.25) is 5.91 Å². The van der Waals surface area contributed by atoms with Gasteiger partial charge in [0, 0.05) is 19.5 Å². The fraction of sp³-hybridized carbons (Fsp3) is 0.333. The largest absolute Gasteiger partial charge is 0.419 e. The molecule has 0 radical (unpaired) electrons. The van der Waals surface area contributed by atoms with Gasteiger partial charge in [0.1, 0.15) is 0 Å².